The first-order valence-corrected chi connectivity index (χ1v) is 10.4. The predicted molar refractivity (Wildman–Crippen MR) is 128 cm³/mol. The lowest BCUT2D eigenvalue weighted by Crippen LogP contribution is -2.17. The van der Waals surface area contributed by atoms with Crippen molar-refractivity contribution in [2.45, 2.75) is 6.61 Å². The van der Waals surface area contributed by atoms with E-state index in [0.29, 0.717) is 28.7 Å². The van der Waals surface area contributed by atoms with Crippen LogP contribution in [0.3, 0.4) is 0 Å². The van der Waals surface area contributed by atoms with Gasteiger partial charge in [0.05, 0.1) is 13.3 Å². The standard InChI is InChI=1S/C26H21ClN2O3/c1-31-25-15-18(12-13-24(25)32-17-19-6-4-9-21(27)14-19)16-28-29-26(30)23-11-5-8-20-7-2-3-10-22(20)23/h2-16H,17H2,1H3,(H,29,30)/b28-16-. The summed E-state index contributed by atoms with van der Waals surface area (Å²) in [5.74, 6) is 0.896. The Labute approximate surface area is 191 Å². The van der Waals surface area contributed by atoms with Crippen LogP contribution in [0.15, 0.2) is 90.0 Å². The Morgan fingerprint density at radius 1 is 0.969 bits per heavy atom. The SMILES string of the molecule is COc1cc(/C=N\NC(=O)c2cccc3ccccc23)ccc1OCc1cccc(Cl)c1. The number of hydrogen-bond donors (Lipinski definition) is 1. The summed E-state index contributed by atoms with van der Waals surface area (Å²) in [7, 11) is 1.57. The number of carbonyl (C=O) groups excluding carboxylic acids is 1. The quantitative estimate of drug-likeness (QED) is 0.287. The van der Waals surface area contributed by atoms with Gasteiger partial charge in [0.25, 0.3) is 5.91 Å². The second kappa shape index (κ2) is 9.98. The van der Waals surface area contributed by atoms with Crippen LogP contribution in [-0.2, 0) is 6.61 Å². The molecule has 1 N–H and O–H groups in total. The average molecular weight is 445 g/mol. The second-order valence-corrected chi connectivity index (χ2v) is 7.49. The van der Waals surface area contributed by atoms with E-state index in [2.05, 4.69) is 10.5 Å². The van der Waals surface area contributed by atoms with Crippen molar-refractivity contribution in [1.82, 2.24) is 5.43 Å². The molecular formula is C26H21ClN2O3. The molecule has 0 unspecified atom stereocenters. The highest BCUT2D eigenvalue weighted by Gasteiger charge is 2.09. The molecule has 4 aromatic carbocycles. The van der Waals surface area contributed by atoms with Crippen molar-refractivity contribution in [1.29, 1.82) is 0 Å². The van der Waals surface area contributed by atoms with Crippen molar-refractivity contribution in [3.8, 4) is 11.5 Å². The summed E-state index contributed by atoms with van der Waals surface area (Å²) in [5, 5.41) is 6.64. The van der Waals surface area contributed by atoms with Gasteiger partial charge in [0.15, 0.2) is 11.5 Å². The Kier molecular flexibility index (Phi) is 6.68. The fraction of sp³-hybridized carbons (Fsp3) is 0.0769. The maximum Gasteiger partial charge on any atom is 0.271 e. The lowest BCUT2D eigenvalue weighted by molar-refractivity contribution is 0.0957. The van der Waals surface area contributed by atoms with Crippen LogP contribution in [0.4, 0.5) is 0 Å². The molecule has 4 rings (SSSR count). The van der Waals surface area contributed by atoms with Gasteiger partial charge in [-0.05, 0) is 58.3 Å². The van der Waals surface area contributed by atoms with E-state index in [4.69, 9.17) is 21.1 Å². The number of hydrogen-bond acceptors (Lipinski definition) is 4. The normalized spacial score (nSPS) is 10.9. The molecule has 0 atom stereocenters. The molecule has 0 aliphatic carbocycles. The molecule has 0 spiro atoms. The van der Waals surface area contributed by atoms with Crippen LogP contribution in [0.5, 0.6) is 11.5 Å². The van der Waals surface area contributed by atoms with Gasteiger partial charge in [0.1, 0.15) is 6.61 Å². The van der Waals surface area contributed by atoms with Gasteiger partial charge in [-0.15, -0.1) is 0 Å². The van der Waals surface area contributed by atoms with Crippen molar-refractivity contribution < 1.29 is 14.3 Å². The largest absolute Gasteiger partial charge is 0.493 e. The van der Waals surface area contributed by atoms with Crippen molar-refractivity contribution in [2.24, 2.45) is 5.10 Å². The summed E-state index contributed by atoms with van der Waals surface area (Å²) in [6, 6.07) is 26.3. The van der Waals surface area contributed by atoms with Gasteiger partial charge in [-0.1, -0.05) is 60.1 Å². The molecule has 0 saturated heterocycles. The third-order valence-electron chi connectivity index (χ3n) is 4.89. The molecular weight excluding hydrogens is 424 g/mol. The summed E-state index contributed by atoms with van der Waals surface area (Å²) in [6.45, 7) is 0.367. The third-order valence-corrected chi connectivity index (χ3v) is 5.12. The van der Waals surface area contributed by atoms with Gasteiger partial charge < -0.3 is 9.47 Å². The first-order chi connectivity index (χ1) is 15.6. The zero-order valence-electron chi connectivity index (χ0n) is 17.4. The van der Waals surface area contributed by atoms with Crippen LogP contribution in [-0.4, -0.2) is 19.2 Å². The van der Waals surface area contributed by atoms with Crippen LogP contribution in [0.2, 0.25) is 5.02 Å². The first kappa shape index (κ1) is 21.4. The summed E-state index contributed by atoms with van der Waals surface area (Å²) in [5.41, 5.74) is 4.88. The summed E-state index contributed by atoms with van der Waals surface area (Å²) in [4.78, 5) is 12.6. The molecule has 32 heavy (non-hydrogen) atoms. The number of benzene rings is 4. The maximum absolute atomic E-state index is 12.6. The molecule has 0 aliphatic rings. The number of nitrogens with one attached hydrogen (secondary N) is 1. The predicted octanol–water partition coefficient (Wildman–Crippen LogP) is 5.84. The third kappa shape index (κ3) is 5.07. The number of hydrazone groups is 1. The number of methoxy groups -OCH3 is 1. The Hall–Kier alpha value is -3.83. The minimum atomic E-state index is -0.272. The van der Waals surface area contributed by atoms with Gasteiger partial charge in [-0.25, -0.2) is 5.43 Å². The highest BCUT2D eigenvalue weighted by Crippen LogP contribution is 2.28. The number of carbonyl (C=O) groups is 1. The zero-order chi connectivity index (χ0) is 22.3. The van der Waals surface area contributed by atoms with E-state index in [-0.39, 0.29) is 5.91 Å². The average Bonchev–Trinajstić information content (AvgIpc) is 2.82. The van der Waals surface area contributed by atoms with Crippen LogP contribution in [0.1, 0.15) is 21.5 Å². The van der Waals surface area contributed by atoms with Gasteiger partial charge in [-0.2, -0.15) is 5.10 Å². The fourth-order valence-electron chi connectivity index (χ4n) is 3.32. The Morgan fingerprint density at radius 2 is 1.78 bits per heavy atom. The molecule has 0 heterocycles. The highest BCUT2D eigenvalue weighted by molar-refractivity contribution is 6.30. The van der Waals surface area contributed by atoms with Crippen LogP contribution in [0.25, 0.3) is 10.8 Å². The number of rotatable bonds is 7. The summed E-state index contributed by atoms with van der Waals surface area (Å²) >= 11 is 6.02. The summed E-state index contributed by atoms with van der Waals surface area (Å²) < 4.78 is 11.3. The molecule has 0 saturated carbocycles. The van der Waals surface area contributed by atoms with E-state index in [9.17, 15) is 4.79 Å². The monoisotopic (exact) mass is 444 g/mol. The highest BCUT2D eigenvalue weighted by atomic mass is 35.5. The molecule has 4 aromatic rings. The van der Waals surface area contributed by atoms with Gasteiger partial charge in [0, 0.05) is 10.6 Å². The Balaban J connectivity index is 1.43. The van der Waals surface area contributed by atoms with Crippen molar-refractivity contribution >= 4 is 34.5 Å². The van der Waals surface area contributed by atoms with Crippen LogP contribution >= 0.6 is 11.6 Å². The lowest BCUT2D eigenvalue weighted by Gasteiger charge is -2.11. The number of amides is 1. The number of halogens is 1. The molecule has 5 nitrogen and oxygen atoms in total. The van der Waals surface area contributed by atoms with E-state index in [1.54, 1.807) is 31.5 Å². The first-order valence-electron chi connectivity index (χ1n) is 10.0. The molecule has 1 amide bonds. The zero-order valence-corrected chi connectivity index (χ0v) is 18.2. The lowest BCUT2D eigenvalue weighted by atomic mass is 10.0. The summed E-state index contributed by atoms with van der Waals surface area (Å²) in [6.07, 6.45) is 1.56. The molecule has 0 fully saturated rings. The topological polar surface area (TPSA) is 59.9 Å². The van der Waals surface area contributed by atoms with Gasteiger partial charge in [0.2, 0.25) is 0 Å². The fourth-order valence-corrected chi connectivity index (χ4v) is 3.53. The van der Waals surface area contributed by atoms with Crippen molar-refractivity contribution in [3.05, 3.63) is 107 Å². The second-order valence-electron chi connectivity index (χ2n) is 7.05. The number of nitrogens with zero attached hydrogens (tertiary/aromatic N) is 1. The smallest absolute Gasteiger partial charge is 0.271 e. The Morgan fingerprint density at radius 3 is 2.62 bits per heavy atom. The molecule has 160 valence electrons. The van der Waals surface area contributed by atoms with Crippen LogP contribution < -0.4 is 14.9 Å². The van der Waals surface area contributed by atoms with Gasteiger partial charge >= 0.3 is 0 Å². The molecule has 0 aliphatic heterocycles. The molecule has 0 aromatic heterocycles. The van der Waals surface area contributed by atoms with Crippen LogP contribution in [0, 0.1) is 0 Å². The van der Waals surface area contributed by atoms with Crippen molar-refractivity contribution in [3.63, 3.8) is 0 Å². The molecule has 0 bridgehead atoms. The minimum absolute atomic E-state index is 0.272. The van der Waals surface area contributed by atoms with E-state index in [1.165, 1.54) is 0 Å². The van der Waals surface area contributed by atoms with E-state index in [1.807, 2.05) is 66.7 Å². The Bertz CT molecular complexity index is 1280. The molecule has 6 heteroatoms. The maximum atomic E-state index is 12.6. The molecule has 0 radical (unpaired) electrons. The number of ether oxygens (including phenoxy) is 2. The van der Waals surface area contributed by atoms with E-state index < -0.39 is 0 Å². The van der Waals surface area contributed by atoms with E-state index in [0.717, 1.165) is 21.9 Å². The number of fused-ring (bicyclic) bond motifs is 1. The minimum Gasteiger partial charge on any atom is -0.493 e. The van der Waals surface area contributed by atoms with E-state index >= 15 is 0 Å². The van der Waals surface area contributed by atoms with Gasteiger partial charge in [-0.3, -0.25) is 4.79 Å². The van der Waals surface area contributed by atoms with Crippen molar-refractivity contribution in [2.75, 3.05) is 7.11 Å².